The summed E-state index contributed by atoms with van der Waals surface area (Å²) in [6.45, 7) is 5.73. The van der Waals surface area contributed by atoms with Gasteiger partial charge in [-0.15, -0.1) is 11.3 Å². The number of hydrogen-bond donors (Lipinski definition) is 1. The van der Waals surface area contributed by atoms with E-state index in [-0.39, 0.29) is 0 Å². The van der Waals surface area contributed by atoms with Crippen molar-refractivity contribution in [3.05, 3.63) is 23.5 Å². The van der Waals surface area contributed by atoms with Gasteiger partial charge in [0.25, 0.3) is 0 Å². The molecule has 1 saturated carbocycles. The Morgan fingerprint density at radius 2 is 2.20 bits per heavy atom. The van der Waals surface area contributed by atoms with Gasteiger partial charge in [0.1, 0.15) is 0 Å². The van der Waals surface area contributed by atoms with E-state index in [4.69, 9.17) is 4.98 Å². The third-order valence-corrected chi connectivity index (χ3v) is 5.61. The van der Waals surface area contributed by atoms with Crippen LogP contribution in [-0.2, 0) is 6.42 Å². The quantitative estimate of drug-likeness (QED) is 0.905. The number of hydrogen-bond acceptors (Lipinski definition) is 3. The molecule has 1 aliphatic carbocycles. The van der Waals surface area contributed by atoms with Gasteiger partial charge in [-0.05, 0) is 24.8 Å². The molecule has 0 radical (unpaired) electrons. The largest absolute Gasteiger partial charge is 0.313 e. The summed E-state index contributed by atoms with van der Waals surface area (Å²) < 4.78 is 2.15. The van der Waals surface area contributed by atoms with E-state index in [1.807, 2.05) is 0 Å². The van der Waals surface area contributed by atoms with E-state index in [0.29, 0.717) is 11.5 Å². The van der Waals surface area contributed by atoms with E-state index in [1.54, 1.807) is 11.3 Å². The van der Waals surface area contributed by atoms with Crippen molar-refractivity contribution in [3.63, 3.8) is 0 Å². The first-order chi connectivity index (χ1) is 9.71. The third kappa shape index (κ3) is 2.77. The molecular formula is C16H25N3S. The number of nitrogens with one attached hydrogen (secondary N) is 1. The zero-order chi connectivity index (χ0) is 14.0. The van der Waals surface area contributed by atoms with Crippen molar-refractivity contribution in [3.8, 4) is 0 Å². The molecule has 1 atom stereocenters. The van der Waals surface area contributed by atoms with Crippen molar-refractivity contribution in [2.45, 2.75) is 58.4 Å². The zero-order valence-electron chi connectivity index (χ0n) is 12.6. The zero-order valence-corrected chi connectivity index (χ0v) is 13.4. The van der Waals surface area contributed by atoms with Gasteiger partial charge in [-0.25, -0.2) is 4.98 Å². The lowest BCUT2D eigenvalue weighted by Crippen LogP contribution is -2.46. The second-order valence-electron chi connectivity index (χ2n) is 6.35. The molecule has 0 aromatic carbocycles. The van der Waals surface area contributed by atoms with Crippen LogP contribution in [0.4, 0.5) is 0 Å². The molecule has 1 unspecified atom stereocenters. The Morgan fingerprint density at radius 1 is 1.40 bits per heavy atom. The summed E-state index contributed by atoms with van der Waals surface area (Å²) in [5, 5.41) is 5.83. The molecule has 2 aromatic heterocycles. The number of imidazole rings is 1. The minimum absolute atomic E-state index is 0.436. The number of nitrogens with zero attached hydrogens (tertiary/aromatic N) is 2. The molecule has 1 aliphatic rings. The summed E-state index contributed by atoms with van der Waals surface area (Å²) in [5.74, 6) is 0. The molecule has 2 aromatic rings. The predicted molar refractivity (Wildman–Crippen MR) is 85.4 cm³/mol. The lowest BCUT2D eigenvalue weighted by molar-refractivity contribution is 0.144. The molecule has 0 spiro atoms. The van der Waals surface area contributed by atoms with Gasteiger partial charge in [0.05, 0.1) is 5.69 Å². The van der Waals surface area contributed by atoms with Crippen LogP contribution < -0.4 is 5.32 Å². The summed E-state index contributed by atoms with van der Waals surface area (Å²) in [5.41, 5.74) is 1.67. The van der Waals surface area contributed by atoms with Gasteiger partial charge in [-0.3, -0.25) is 4.40 Å². The van der Waals surface area contributed by atoms with Crippen molar-refractivity contribution >= 4 is 16.3 Å². The Balaban J connectivity index is 1.77. The van der Waals surface area contributed by atoms with Gasteiger partial charge in [0.2, 0.25) is 0 Å². The highest BCUT2D eigenvalue weighted by Gasteiger charge is 2.35. The molecule has 1 N–H and O–H groups in total. The van der Waals surface area contributed by atoms with Crippen LogP contribution in [-0.4, -0.2) is 22.0 Å². The van der Waals surface area contributed by atoms with Crippen LogP contribution in [0.1, 0.15) is 51.6 Å². The van der Waals surface area contributed by atoms with Gasteiger partial charge < -0.3 is 5.32 Å². The molecule has 3 nitrogen and oxygen atoms in total. The Labute approximate surface area is 125 Å². The molecule has 4 heteroatoms. The van der Waals surface area contributed by atoms with Crippen LogP contribution >= 0.6 is 11.3 Å². The maximum atomic E-state index is 4.76. The van der Waals surface area contributed by atoms with Crippen LogP contribution in [0, 0.1) is 5.41 Å². The minimum Gasteiger partial charge on any atom is -0.313 e. The predicted octanol–water partition coefficient (Wildman–Crippen LogP) is 3.89. The highest BCUT2D eigenvalue weighted by Crippen LogP contribution is 2.39. The maximum absolute atomic E-state index is 4.76. The standard InChI is InChI=1S/C16H25N3S/c1-3-17-14(16(2)7-5-4-6-8-16)11-13-12-19-9-10-20-15(19)18-13/h9-10,12,14,17H,3-8,11H2,1-2H3. The van der Waals surface area contributed by atoms with Crippen LogP contribution in [0.2, 0.25) is 0 Å². The van der Waals surface area contributed by atoms with E-state index in [0.717, 1.165) is 17.9 Å². The first-order valence-corrected chi connectivity index (χ1v) is 8.74. The molecule has 20 heavy (non-hydrogen) atoms. The monoisotopic (exact) mass is 291 g/mol. The highest BCUT2D eigenvalue weighted by atomic mass is 32.1. The molecule has 0 aliphatic heterocycles. The fourth-order valence-corrected chi connectivity index (χ4v) is 4.32. The Hall–Kier alpha value is -0.870. The molecule has 3 rings (SSSR count). The molecular weight excluding hydrogens is 266 g/mol. The number of thiazole rings is 1. The summed E-state index contributed by atoms with van der Waals surface area (Å²) >= 11 is 1.71. The van der Waals surface area contributed by atoms with Crippen molar-refractivity contribution in [1.29, 1.82) is 0 Å². The normalized spacial score (nSPS) is 20.3. The number of fused-ring (bicyclic) bond motifs is 1. The fourth-order valence-electron chi connectivity index (χ4n) is 3.60. The summed E-state index contributed by atoms with van der Waals surface area (Å²) in [7, 11) is 0. The van der Waals surface area contributed by atoms with E-state index in [1.165, 1.54) is 37.8 Å². The summed E-state index contributed by atoms with van der Waals surface area (Å²) in [6.07, 6.45) is 12.2. The minimum atomic E-state index is 0.436. The van der Waals surface area contributed by atoms with Crippen LogP contribution in [0.15, 0.2) is 17.8 Å². The topological polar surface area (TPSA) is 29.3 Å². The van der Waals surface area contributed by atoms with E-state index in [9.17, 15) is 0 Å². The second-order valence-corrected chi connectivity index (χ2v) is 7.23. The van der Waals surface area contributed by atoms with Crippen molar-refractivity contribution in [1.82, 2.24) is 14.7 Å². The first-order valence-electron chi connectivity index (χ1n) is 7.86. The van der Waals surface area contributed by atoms with Gasteiger partial charge >= 0.3 is 0 Å². The summed E-state index contributed by atoms with van der Waals surface area (Å²) in [6, 6.07) is 0.553. The van der Waals surface area contributed by atoms with Crippen LogP contribution in [0.5, 0.6) is 0 Å². The number of rotatable bonds is 5. The maximum Gasteiger partial charge on any atom is 0.193 e. The lowest BCUT2D eigenvalue weighted by Gasteiger charge is -2.41. The molecule has 0 amide bonds. The fraction of sp³-hybridized carbons (Fsp3) is 0.688. The average Bonchev–Trinajstić information content (AvgIpc) is 3.00. The molecule has 0 saturated heterocycles. The van der Waals surface area contributed by atoms with Crippen molar-refractivity contribution in [2.75, 3.05) is 6.54 Å². The molecule has 110 valence electrons. The second kappa shape index (κ2) is 5.86. The Kier molecular flexibility index (Phi) is 4.13. The van der Waals surface area contributed by atoms with Crippen LogP contribution in [0.25, 0.3) is 4.96 Å². The van der Waals surface area contributed by atoms with Gasteiger partial charge in [-0.2, -0.15) is 0 Å². The molecule has 0 bridgehead atoms. The number of aromatic nitrogens is 2. The summed E-state index contributed by atoms with van der Waals surface area (Å²) in [4.78, 5) is 5.88. The van der Waals surface area contributed by atoms with Crippen molar-refractivity contribution < 1.29 is 0 Å². The molecule has 1 fully saturated rings. The third-order valence-electron chi connectivity index (χ3n) is 4.84. The highest BCUT2D eigenvalue weighted by molar-refractivity contribution is 7.15. The van der Waals surface area contributed by atoms with Gasteiger partial charge in [0, 0.05) is 30.2 Å². The first kappa shape index (κ1) is 14.1. The van der Waals surface area contributed by atoms with E-state index >= 15 is 0 Å². The van der Waals surface area contributed by atoms with E-state index in [2.05, 4.69) is 41.3 Å². The Bertz CT molecular complexity index is 522. The SMILES string of the molecule is CCNC(Cc1cn2ccsc2n1)C1(C)CCCCC1. The van der Waals surface area contributed by atoms with Gasteiger partial charge in [-0.1, -0.05) is 33.1 Å². The smallest absolute Gasteiger partial charge is 0.193 e. The average molecular weight is 291 g/mol. The van der Waals surface area contributed by atoms with Gasteiger partial charge in [0.15, 0.2) is 4.96 Å². The number of likely N-dealkylation sites (N-methyl/N-ethyl adjacent to an activating group) is 1. The van der Waals surface area contributed by atoms with Crippen LogP contribution in [0.3, 0.4) is 0 Å². The van der Waals surface area contributed by atoms with E-state index < -0.39 is 0 Å². The Morgan fingerprint density at radius 3 is 2.90 bits per heavy atom. The lowest BCUT2D eigenvalue weighted by atomic mass is 9.69. The van der Waals surface area contributed by atoms with Crippen molar-refractivity contribution in [2.24, 2.45) is 5.41 Å². The molecule has 2 heterocycles.